The van der Waals surface area contributed by atoms with Gasteiger partial charge >= 0.3 is 0 Å². The molecular formula is C22H42N2O4S. The molecule has 0 amide bonds. The molecule has 1 saturated heterocycles. The number of hydrogen-bond acceptors (Lipinski definition) is 6. The molecule has 1 saturated carbocycles. The summed E-state index contributed by atoms with van der Waals surface area (Å²) in [6, 6.07) is -0.216. The molecule has 0 aromatic rings. The summed E-state index contributed by atoms with van der Waals surface area (Å²) in [6.07, 6.45) is 7.57. The molecule has 0 radical (unpaired) electrons. The molecule has 170 valence electrons. The number of ether oxygens (including phenoxy) is 1. The Kier molecular flexibility index (Phi) is 9.13. The van der Waals surface area contributed by atoms with Gasteiger partial charge in [-0.2, -0.15) is 0 Å². The van der Waals surface area contributed by atoms with Gasteiger partial charge < -0.3 is 10.5 Å². The van der Waals surface area contributed by atoms with Crippen LogP contribution in [0.25, 0.3) is 0 Å². The molecule has 7 heteroatoms. The molecule has 0 bridgehead atoms. The fourth-order valence-electron chi connectivity index (χ4n) is 4.98. The van der Waals surface area contributed by atoms with E-state index < -0.39 is 15.1 Å². The van der Waals surface area contributed by atoms with E-state index in [1.165, 1.54) is 19.1 Å². The number of hydrogen-bond donors (Lipinski definition) is 1. The zero-order valence-corrected chi connectivity index (χ0v) is 19.8. The van der Waals surface area contributed by atoms with E-state index in [-0.39, 0.29) is 29.9 Å². The average Bonchev–Trinajstić information content (AvgIpc) is 2.62. The first-order valence-corrected chi connectivity index (χ1v) is 13.2. The van der Waals surface area contributed by atoms with Gasteiger partial charge in [0.05, 0.1) is 24.5 Å². The molecule has 0 aromatic carbocycles. The van der Waals surface area contributed by atoms with Crippen molar-refractivity contribution in [3.05, 3.63) is 0 Å². The van der Waals surface area contributed by atoms with Gasteiger partial charge in [-0.1, -0.05) is 13.8 Å². The Morgan fingerprint density at radius 3 is 2.28 bits per heavy atom. The lowest BCUT2D eigenvalue weighted by Gasteiger charge is -2.45. The molecule has 2 aliphatic rings. The number of nitrogens with two attached hydrogens (primary N) is 1. The van der Waals surface area contributed by atoms with Gasteiger partial charge in [-0.3, -0.25) is 9.69 Å². The third-order valence-corrected chi connectivity index (χ3v) is 8.85. The van der Waals surface area contributed by atoms with Gasteiger partial charge in [0.15, 0.2) is 0 Å². The Morgan fingerprint density at radius 1 is 1.14 bits per heavy atom. The van der Waals surface area contributed by atoms with Gasteiger partial charge in [0.25, 0.3) is 0 Å². The van der Waals surface area contributed by atoms with Gasteiger partial charge in [-0.05, 0) is 76.7 Å². The maximum Gasteiger partial charge on any atom is 0.150 e. The van der Waals surface area contributed by atoms with Crippen LogP contribution in [0.4, 0.5) is 0 Å². The molecule has 1 aliphatic heterocycles. The Hall–Kier alpha value is -0.500. The molecule has 1 aliphatic carbocycles. The minimum absolute atomic E-state index is 0.0350. The second-order valence-corrected chi connectivity index (χ2v) is 12.3. The van der Waals surface area contributed by atoms with Gasteiger partial charge in [0, 0.05) is 18.3 Å². The minimum Gasteiger partial charge on any atom is -0.377 e. The quantitative estimate of drug-likeness (QED) is 0.605. The number of nitrogens with zero attached hydrogens (tertiary/aromatic N) is 1. The molecular weight excluding hydrogens is 388 g/mol. The van der Waals surface area contributed by atoms with Gasteiger partial charge in [-0.15, -0.1) is 0 Å². The van der Waals surface area contributed by atoms with Crippen LogP contribution in [-0.2, 0) is 19.4 Å². The van der Waals surface area contributed by atoms with Crippen LogP contribution in [-0.4, -0.2) is 68.5 Å². The summed E-state index contributed by atoms with van der Waals surface area (Å²) in [5, 5.41) is -0.397. The van der Waals surface area contributed by atoms with Crippen LogP contribution >= 0.6 is 0 Å². The number of carbonyl (C=O) groups is 1. The third-order valence-electron chi connectivity index (χ3n) is 7.20. The highest BCUT2D eigenvalue weighted by molar-refractivity contribution is 7.91. The second-order valence-electron chi connectivity index (χ2n) is 9.86. The van der Waals surface area contributed by atoms with Crippen LogP contribution in [0.5, 0.6) is 0 Å². The maximum absolute atomic E-state index is 11.9. The standard InChI is InChI=1S/C22H42N2O4S/c1-15(2)18-6-8-20(9-7-18)28-14-21-22(23)19(12-17(4)29(5,26)27)10-11-24(21)13-16(3)25/h15,17-22H,6-14,23H2,1-5H3/t17?,18?,19?,20?,21-,22-/m0/s1. The van der Waals surface area contributed by atoms with Crippen molar-refractivity contribution in [2.75, 3.05) is 26.0 Å². The van der Waals surface area contributed by atoms with E-state index >= 15 is 0 Å². The zero-order chi connectivity index (χ0) is 21.8. The lowest BCUT2D eigenvalue weighted by atomic mass is 9.80. The molecule has 2 rings (SSSR count). The van der Waals surface area contributed by atoms with Crippen molar-refractivity contribution in [2.24, 2.45) is 23.5 Å². The number of likely N-dealkylation sites (tertiary alicyclic amines) is 1. The summed E-state index contributed by atoms with van der Waals surface area (Å²) in [4.78, 5) is 13.9. The maximum atomic E-state index is 11.9. The molecule has 2 N–H and O–H groups in total. The number of Topliss-reactive ketones (excluding diaryl/α,β-unsaturated/α-hetero) is 1. The molecule has 0 spiro atoms. The van der Waals surface area contributed by atoms with Crippen molar-refractivity contribution in [3.63, 3.8) is 0 Å². The van der Waals surface area contributed by atoms with E-state index in [9.17, 15) is 13.2 Å². The Bertz CT molecular complexity index is 629. The highest BCUT2D eigenvalue weighted by Crippen LogP contribution is 2.32. The summed E-state index contributed by atoms with van der Waals surface area (Å²) in [7, 11) is -3.07. The largest absolute Gasteiger partial charge is 0.377 e. The molecule has 6 nitrogen and oxygen atoms in total. The highest BCUT2D eigenvalue weighted by Gasteiger charge is 2.38. The normalized spacial score (nSPS) is 33.0. The van der Waals surface area contributed by atoms with Crippen LogP contribution in [0.3, 0.4) is 0 Å². The molecule has 4 atom stereocenters. The summed E-state index contributed by atoms with van der Waals surface area (Å²) < 4.78 is 30.1. The zero-order valence-electron chi connectivity index (χ0n) is 19.0. The van der Waals surface area contributed by atoms with Crippen LogP contribution in [0.1, 0.15) is 66.2 Å². The smallest absolute Gasteiger partial charge is 0.150 e. The SMILES string of the molecule is CC(=O)CN1CCC(CC(C)S(C)(=O)=O)[C@H](N)[C@@H]1COC1CCC(C(C)C)CC1. The lowest BCUT2D eigenvalue weighted by molar-refractivity contribution is -0.120. The first-order chi connectivity index (χ1) is 13.5. The lowest BCUT2D eigenvalue weighted by Crippen LogP contribution is -2.59. The summed E-state index contributed by atoms with van der Waals surface area (Å²) in [5.41, 5.74) is 6.63. The first-order valence-electron chi connectivity index (χ1n) is 11.3. The van der Waals surface area contributed by atoms with E-state index in [1.807, 2.05) is 0 Å². The van der Waals surface area contributed by atoms with Crippen molar-refractivity contribution in [1.82, 2.24) is 4.90 Å². The molecule has 2 unspecified atom stereocenters. The van der Waals surface area contributed by atoms with Gasteiger partial charge in [0.2, 0.25) is 0 Å². The van der Waals surface area contributed by atoms with Crippen LogP contribution in [0.15, 0.2) is 0 Å². The number of piperidine rings is 1. The Morgan fingerprint density at radius 2 is 1.76 bits per heavy atom. The van der Waals surface area contributed by atoms with Gasteiger partial charge in [-0.25, -0.2) is 8.42 Å². The van der Waals surface area contributed by atoms with Crippen molar-refractivity contribution in [1.29, 1.82) is 0 Å². The van der Waals surface area contributed by atoms with E-state index in [1.54, 1.807) is 13.8 Å². The van der Waals surface area contributed by atoms with Crippen molar-refractivity contribution < 1.29 is 17.9 Å². The number of ketones is 1. The highest BCUT2D eigenvalue weighted by atomic mass is 32.2. The first kappa shape index (κ1) is 24.8. The number of rotatable bonds is 9. The number of sulfone groups is 1. The monoisotopic (exact) mass is 430 g/mol. The van der Waals surface area contributed by atoms with Gasteiger partial charge in [0.1, 0.15) is 15.6 Å². The molecule has 0 aromatic heterocycles. The van der Waals surface area contributed by atoms with E-state index in [2.05, 4.69) is 18.7 Å². The third kappa shape index (κ3) is 7.30. The summed E-state index contributed by atoms with van der Waals surface area (Å²) in [5.74, 6) is 1.78. The number of carbonyl (C=O) groups excluding carboxylic acids is 1. The summed E-state index contributed by atoms with van der Waals surface area (Å²) in [6.45, 7) is 9.64. The van der Waals surface area contributed by atoms with Crippen molar-refractivity contribution in [2.45, 2.75) is 89.7 Å². The topological polar surface area (TPSA) is 89.7 Å². The Labute approximate surface area is 177 Å². The molecule has 29 heavy (non-hydrogen) atoms. The summed E-state index contributed by atoms with van der Waals surface area (Å²) >= 11 is 0. The predicted molar refractivity (Wildman–Crippen MR) is 118 cm³/mol. The molecule has 1 heterocycles. The van der Waals surface area contributed by atoms with Crippen LogP contribution < -0.4 is 5.73 Å². The fourth-order valence-corrected chi connectivity index (χ4v) is 5.58. The predicted octanol–water partition coefficient (Wildman–Crippen LogP) is 2.65. The fraction of sp³-hybridized carbons (Fsp3) is 0.955. The molecule has 2 fully saturated rings. The average molecular weight is 431 g/mol. The van der Waals surface area contributed by atoms with E-state index in [4.69, 9.17) is 10.5 Å². The minimum atomic E-state index is -3.07. The van der Waals surface area contributed by atoms with Crippen LogP contribution in [0.2, 0.25) is 0 Å². The van der Waals surface area contributed by atoms with Crippen molar-refractivity contribution in [3.8, 4) is 0 Å². The second kappa shape index (κ2) is 10.7. The van der Waals surface area contributed by atoms with E-state index in [0.29, 0.717) is 19.6 Å². The van der Waals surface area contributed by atoms with E-state index in [0.717, 1.165) is 37.6 Å². The van der Waals surface area contributed by atoms with Crippen molar-refractivity contribution >= 4 is 15.6 Å². The van der Waals surface area contributed by atoms with Crippen LogP contribution in [0, 0.1) is 17.8 Å². The Balaban J connectivity index is 1.98.